The van der Waals surface area contributed by atoms with Crippen molar-refractivity contribution in [2.24, 2.45) is 35.5 Å². The van der Waals surface area contributed by atoms with Crippen LogP contribution >= 0.6 is 0 Å². The van der Waals surface area contributed by atoms with Crippen LogP contribution in [0.1, 0.15) is 63.0 Å². The summed E-state index contributed by atoms with van der Waals surface area (Å²) in [5, 5.41) is 10.3. The molecule has 6 aliphatic carbocycles. The monoisotopic (exact) mass is 507 g/mol. The van der Waals surface area contributed by atoms with E-state index in [0.717, 1.165) is 64.9 Å². The lowest BCUT2D eigenvalue weighted by atomic mass is 9.52. The number of allylic oxidation sites excluding steroid dienone is 1. The minimum absolute atomic E-state index is 0.0204. The van der Waals surface area contributed by atoms with E-state index in [1.54, 1.807) is 0 Å². The molecule has 1 unspecified atom stereocenters. The summed E-state index contributed by atoms with van der Waals surface area (Å²) in [6, 6.07) is 20.6. The first-order valence-electron chi connectivity index (χ1n) is 14.6. The van der Waals surface area contributed by atoms with E-state index in [4.69, 9.17) is 0 Å². The Kier molecular flexibility index (Phi) is 5.65. The standard InChI is InChI=1S/C34H37NO3/c1-2-35(34-18-21-13-22(19-34)15-23(14-21)20-34)32(36)30-26-16-27(31(30)28(17-26)33(37)38)29(24-9-5-3-6-10-24)25-11-7-4-8-12-25/h3-12,17,21-23,28,30-31H,2,13-16,18-20H2,1H3,(H,37,38)/t21?,22?,23?,28-,30?,31+,34?/m1/s1. The first-order valence-corrected chi connectivity index (χ1v) is 14.6. The molecule has 6 bridgehead atoms. The molecule has 8 rings (SSSR count). The number of carboxylic acids is 1. The Morgan fingerprint density at radius 3 is 1.87 bits per heavy atom. The fourth-order valence-electron chi connectivity index (χ4n) is 9.63. The molecule has 5 saturated carbocycles. The molecule has 38 heavy (non-hydrogen) atoms. The summed E-state index contributed by atoms with van der Waals surface area (Å²) < 4.78 is 0. The Bertz CT molecular complexity index is 1250. The predicted octanol–water partition coefficient (Wildman–Crippen LogP) is 6.58. The molecule has 4 nitrogen and oxygen atoms in total. The van der Waals surface area contributed by atoms with Gasteiger partial charge in [0.2, 0.25) is 5.91 Å². The number of carboxylic acid groups (broad SMARTS) is 1. The fourth-order valence-corrected chi connectivity index (χ4v) is 9.63. The average Bonchev–Trinajstić information content (AvgIpc) is 3.46. The molecular formula is C34H37NO3. The van der Waals surface area contributed by atoms with E-state index in [-0.39, 0.29) is 23.3 Å². The Morgan fingerprint density at radius 2 is 1.39 bits per heavy atom. The van der Waals surface area contributed by atoms with Crippen LogP contribution in [0.15, 0.2) is 77.9 Å². The van der Waals surface area contributed by atoms with Crippen LogP contribution in [0.2, 0.25) is 0 Å². The molecule has 0 heterocycles. The van der Waals surface area contributed by atoms with E-state index in [0.29, 0.717) is 13.0 Å². The second-order valence-electron chi connectivity index (χ2n) is 12.6. The van der Waals surface area contributed by atoms with Crippen LogP contribution in [-0.4, -0.2) is 34.0 Å². The van der Waals surface area contributed by atoms with Gasteiger partial charge in [0.25, 0.3) is 0 Å². The zero-order valence-electron chi connectivity index (χ0n) is 22.2. The second-order valence-corrected chi connectivity index (χ2v) is 12.6. The third kappa shape index (κ3) is 3.63. The Hall–Kier alpha value is -3.14. The van der Waals surface area contributed by atoms with Crippen molar-refractivity contribution in [2.75, 3.05) is 6.54 Å². The molecule has 0 spiro atoms. The largest absolute Gasteiger partial charge is 0.481 e. The van der Waals surface area contributed by atoms with Gasteiger partial charge in [-0.05, 0) is 86.3 Å². The van der Waals surface area contributed by atoms with Crippen LogP contribution < -0.4 is 0 Å². The van der Waals surface area contributed by atoms with Crippen molar-refractivity contribution in [1.82, 2.24) is 4.90 Å². The zero-order valence-corrected chi connectivity index (χ0v) is 22.2. The van der Waals surface area contributed by atoms with Crippen molar-refractivity contribution in [2.45, 2.75) is 57.4 Å². The smallest absolute Gasteiger partial charge is 0.311 e. The topological polar surface area (TPSA) is 57.6 Å². The maximum absolute atomic E-state index is 14.6. The molecule has 0 aliphatic heterocycles. The Morgan fingerprint density at radius 1 is 0.868 bits per heavy atom. The summed E-state index contributed by atoms with van der Waals surface area (Å²) in [5.74, 6) is 0.297. The van der Waals surface area contributed by atoms with Crippen molar-refractivity contribution in [3.05, 3.63) is 89.0 Å². The van der Waals surface area contributed by atoms with Crippen LogP contribution in [-0.2, 0) is 9.59 Å². The molecule has 0 aromatic heterocycles. The van der Waals surface area contributed by atoms with E-state index in [1.807, 2.05) is 42.5 Å². The van der Waals surface area contributed by atoms with Gasteiger partial charge in [0.1, 0.15) is 0 Å². The highest BCUT2D eigenvalue weighted by atomic mass is 16.4. The predicted molar refractivity (Wildman–Crippen MR) is 148 cm³/mol. The molecule has 1 amide bonds. The van der Waals surface area contributed by atoms with Gasteiger partial charge in [0, 0.05) is 18.0 Å². The molecule has 196 valence electrons. The SMILES string of the molecule is CCN(C(=O)C1C2=C[C@@H](C(=O)O)[C@@H]1C(=C(c1ccccc1)c1ccccc1)C2)C12CC3CC(CC(C3)C1)C2. The second kappa shape index (κ2) is 8.97. The summed E-state index contributed by atoms with van der Waals surface area (Å²) in [6.45, 7) is 2.84. The third-order valence-corrected chi connectivity index (χ3v) is 10.5. The number of fused-ring (bicyclic) bond motifs is 2. The number of nitrogens with zero attached hydrogens (tertiary/aromatic N) is 1. The lowest BCUT2D eigenvalue weighted by Gasteiger charge is -2.60. The fraction of sp³-hybridized carbons (Fsp3) is 0.471. The lowest BCUT2D eigenvalue weighted by molar-refractivity contribution is -0.154. The van der Waals surface area contributed by atoms with Gasteiger partial charge in [-0.2, -0.15) is 0 Å². The van der Waals surface area contributed by atoms with Crippen molar-refractivity contribution in [3.8, 4) is 0 Å². The number of benzene rings is 2. The Labute approximate surface area is 225 Å². The normalized spacial score (nSPS) is 34.3. The van der Waals surface area contributed by atoms with Crippen LogP contribution in [0.4, 0.5) is 0 Å². The average molecular weight is 508 g/mol. The molecule has 2 aromatic carbocycles. The van der Waals surface area contributed by atoms with Gasteiger partial charge in [-0.3, -0.25) is 9.59 Å². The van der Waals surface area contributed by atoms with Gasteiger partial charge < -0.3 is 10.0 Å². The van der Waals surface area contributed by atoms with Crippen molar-refractivity contribution in [1.29, 1.82) is 0 Å². The highest BCUT2D eigenvalue weighted by Gasteiger charge is 2.58. The number of carbonyl (C=O) groups is 2. The van der Waals surface area contributed by atoms with Gasteiger partial charge in [-0.15, -0.1) is 0 Å². The molecule has 4 heteroatoms. The highest BCUT2D eigenvalue weighted by Crippen LogP contribution is 2.60. The number of aliphatic carboxylic acids is 1. The van der Waals surface area contributed by atoms with Crippen LogP contribution in [0, 0.1) is 35.5 Å². The first kappa shape index (κ1) is 23.9. The Balaban J connectivity index is 1.32. The summed E-state index contributed by atoms with van der Waals surface area (Å²) in [4.78, 5) is 29.4. The van der Waals surface area contributed by atoms with Crippen LogP contribution in [0.25, 0.3) is 5.57 Å². The third-order valence-electron chi connectivity index (χ3n) is 10.5. The van der Waals surface area contributed by atoms with Gasteiger partial charge in [0.15, 0.2) is 0 Å². The molecule has 3 atom stereocenters. The van der Waals surface area contributed by atoms with Crippen molar-refractivity contribution in [3.63, 3.8) is 0 Å². The summed E-state index contributed by atoms with van der Waals surface area (Å²) >= 11 is 0. The van der Waals surface area contributed by atoms with Gasteiger partial charge in [-0.25, -0.2) is 0 Å². The first-order chi connectivity index (χ1) is 18.5. The number of amides is 1. The zero-order chi connectivity index (χ0) is 26.0. The summed E-state index contributed by atoms with van der Waals surface area (Å²) in [7, 11) is 0. The quantitative estimate of drug-likeness (QED) is 0.449. The van der Waals surface area contributed by atoms with Crippen molar-refractivity contribution < 1.29 is 14.7 Å². The van der Waals surface area contributed by atoms with E-state index < -0.39 is 11.9 Å². The number of hydrogen-bond acceptors (Lipinski definition) is 2. The number of carbonyl (C=O) groups excluding carboxylic acids is 1. The lowest BCUT2D eigenvalue weighted by Crippen LogP contribution is -2.62. The highest BCUT2D eigenvalue weighted by molar-refractivity contribution is 5.92. The molecule has 1 N–H and O–H groups in total. The minimum atomic E-state index is -0.821. The number of rotatable bonds is 6. The van der Waals surface area contributed by atoms with Crippen LogP contribution in [0.3, 0.4) is 0 Å². The van der Waals surface area contributed by atoms with Crippen LogP contribution in [0.5, 0.6) is 0 Å². The summed E-state index contributed by atoms with van der Waals surface area (Å²) in [6.07, 6.45) is 10.0. The van der Waals surface area contributed by atoms with E-state index in [1.165, 1.54) is 19.3 Å². The maximum Gasteiger partial charge on any atom is 0.311 e. The van der Waals surface area contributed by atoms with Crippen molar-refractivity contribution >= 4 is 17.4 Å². The van der Waals surface area contributed by atoms with E-state index >= 15 is 0 Å². The summed E-state index contributed by atoms with van der Waals surface area (Å²) in [5.41, 5.74) is 5.40. The molecule has 0 saturated heterocycles. The minimum Gasteiger partial charge on any atom is -0.481 e. The van der Waals surface area contributed by atoms with Gasteiger partial charge in [0.05, 0.1) is 11.8 Å². The molecule has 0 radical (unpaired) electrons. The van der Waals surface area contributed by atoms with Gasteiger partial charge in [-0.1, -0.05) is 77.9 Å². The maximum atomic E-state index is 14.6. The van der Waals surface area contributed by atoms with E-state index in [2.05, 4.69) is 36.1 Å². The molecular weight excluding hydrogens is 470 g/mol. The molecule has 5 fully saturated rings. The molecule has 2 aromatic rings. The van der Waals surface area contributed by atoms with Gasteiger partial charge >= 0.3 is 5.97 Å². The molecule has 6 aliphatic rings. The van der Waals surface area contributed by atoms with E-state index in [9.17, 15) is 14.7 Å². The number of hydrogen-bond donors (Lipinski definition) is 1.